The molecule has 0 fully saturated rings. The molecule has 1 aliphatic rings. The van der Waals surface area contributed by atoms with E-state index in [9.17, 15) is 0 Å². The van der Waals surface area contributed by atoms with Gasteiger partial charge in [0.25, 0.3) is 0 Å². The van der Waals surface area contributed by atoms with Crippen LogP contribution in [0, 0.1) is 5.92 Å². The Bertz CT molecular complexity index is 1030. The third-order valence-electron chi connectivity index (χ3n) is 4.62. The van der Waals surface area contributed by atoms with Crippen molar-refractivity contribution in [3.8, 4) is 5.82 Å². The molecule has 0 radical (unpaired) electrons. The number of nitrogens with zero attached hydrogens (tertiary/aromatic N) is 5. The fourth-order valence-electron chi connectivity index (χ4n) is 3.45. The molecule has 0 N–H and O–H groups in total. The fraction of sp³-hybridized carbons (Fsp3) is 0.294. The van der Waals surface area contributed by atoms with Crippen molar-refractivity contribution in [2.75, 3.05) is 0 Å². The molecule has 0 unspecified atom stereocenters. The predicted octanol–water partition coefficient (Wildman–Crippen LogP) is 3.55. The van der Waals surface area contributed by atoms with E-state index in [2.05, 4.69) is 27.2 Å². The van der Waals surface area contributed by atoms with Gasteiger partial charge in [0.15, 0.2) is 5.82 Å². The van der Waals surface area contributed by atoms with E-state index < -0.39 is 0 Å². The maximum absolute atomic E-state index is 4.56. The topological polar surface area (TPSA) is 56.5 Å². The molecule has 3 aromatic heterocycles. The Morgan fingerprint density at radius 1 is 1.22 bits per heavy atom. The van der Waals surface area contributed by atoms with Crippen LogP contribution in [-0.4, -0.2) is 25.0 Å². The van der Waals surface area contributed by atoms with Gasteiger partial charge < -0.3 is 0 Å². The van der Waals surface area contributed by atoms with Gasteiger partial charge in [0.05, 0.1) is 10.9 Å². The third kappa shape index (κ3) is 1.91. The van der Waals surface area contributed by atoms with E-state index in [1.165, 1.54) is 16.9 Å². The monoisotopic (exact) mass is 321 g/mol. The van der Waals surface area contributed by atoms with Crippen molar-refractivity contribution in [3.05, 3.63) is 41.0 Å². The molecule has 0 aliphatic heterocycles. The van der Waals surface area contributed by atoms with Crippen LogP contribution in [0.1, 0.15) is 23.8 Å². The molecule has 4 aromatic rings. The lowest BCUT2D eigenvalue weighted by Crippen LogP contribution is -2.10. The van der Waals surface area contributed by atoms with E-state index in [0.717, 1.165) is 39.9 Å². The van der Waals surface area contributed by atoms with E-state index >= 15 is 0 Å². The molecular weight excluding hydrogens is 306 g/mol. The molecule has 1 aliphatic carbocycles. The lowest BCUT2D eigenvalue weighted by atomic mass is 9.88. The van der Waals surface area contributed by atoms with Gasteiger partial charge in [0, 0.05) is 4.88 Å². The summed E-state index contributed by atoms with van der Waals surface area (Å²) >= 11 is 1.81. The van der Waals surface area contributed by atoms with Crippen LogP contribution in [0.15, 0.2) is 30.6 Å². The highest BCUT2D eigenvalue weighted by atomic mass is 32.1. The zero-order valence-corrected chi connectivity index (χ0v) is 13.5. The van der Waals surface area contributed by atoms with Crippen LogP contribution in [0.4, 0.5) is 0 Å². The van der Waals surface area contributed by atoms with Crippen molar-refractivity contribution < 1.29 is 0 Å². The van der Waals surface area contributed by atoms with Crippen LogP contribution in [0.3, 0.4) is 0 Å². The zero-order chi connectivity index (χ0) is 15.4. The minimum atomic E-state index is 0.709. The first-order valence-corrected chi connectivity index (χ1v) is 8.69. The minimum absolute atomic E-state index is 0.709. The average molecular weight is 321 g/mol. The lowest BCUT2D eigenvalue weighted by Gasteiger charge is -2.18. The summed E-state index contributed by atoms with van der Waals surface area (Å²) in [7, 11) is 0. The number of hydrogen-bond acceptors (Lipinski definition) is 5. The Balaban J connectivity index is 1.83. The summed E-state index contributed by atoms with van der Waals surface area (Å²) in [5.74, 6) is 1.57. The molecule has 114 valence electrons. The van der Waals surface area contributed by atoms with Crippen molar-refractivity contribution in [1.82, 2.24) is 25.0 Å². The summed E-state index contributed by atoms with van der Waals surface area (Å²) in [6, 6.07) is 7.99. The molecule has 0 amide bonds. The van der Waals surface area contributed by atoms with Gasteiger partial charge in [-0.3, -0.25) is 0 Å². The highest BCUT2D eigenvalue weighted by Crippen LogP contribution is 2.39. The molecule has 5 rings (SSSR count). The van der Waals surface area contributed by atoms with Crippen LogP contribution in [0.25, 0.3) is 27.1 Å². The Morgan fingerprint density at radius 3 is 3.09 bits per heavy atom. The first-order valence-electron chi connectivity index (χ1n) is 7.87. The van der Waals surface area contributed by atoms with Gasteiger partial charge >= 0.3 is 0 Å². The molecule has 0 spiro atoms. The van der Waals surface area contributed by atoms with Gasteiger partial charge in [-0.05, 0) is 42.9 Å². The first kappa shape index (κ1) is 13.1. The van der Waals surface area contributed by atoms with E-state index in [-0.39, 0.29) is 0 Å². The summed E-state index contributed by atoms with van der Waals surface area (Å²) in [5.41, 5.74) is 3.28. The van der Waals surface area contributed by atoms with Gasteiger partial charge in [-0.2, -0.15) is 4.68 Å². The second-order valence-corrected chi connectivity index (χ2v) is 7.30. The van der Waals surface area contributed by atoms with Crippen molar-refractivity contribution in [2.45, 2.75) is 26.2 Å². The maximum Gasteiger partial charge on any atom is 0.168 e. The van der Waals surface area contributed by atoms with Crippen LogP contribution in [-0.2, 0) is 12.8 Å². The molecule has 6 heteroatoms. The molecule has 0 saturated heterocycles. The van der Waals surface area contributed by atoms with E-state index in [4.69, 9.17) is 0 Å². The van der Waals surface area contributed by atoms with Gasteiger partial charge in [-0.25, -0.2) is 9.97 Å². The number of aryl methyl sites for hydroxylation is 1. The molecule has 0 bridgehead atoms. The molecule has 1 aromatic carbocycles. The van der Waals surface area contributed by atoms with Crippen LogP contribution < -0.4 is 0 Å². The average Bonchev–Trinajstić information content (AvgIpc) is 3.15. The first-order chi connectivity index (χ1) is 11.3. The molecule has 5 nitrogen and oxygen atoms in total. The van der Waals surface area contributed by atoms with Gasteiger partial charge in [0.1, 0.15) is 16.7 Å². The Hall–Kier alpha value is -2.34. The number of rotatable bonds is 1. The number of fused-ring (bicyclic) bond motifs is 4. The van der Waals surface area contributed by atoms with Gasteiger partial charge in [-0.15, -0.1) is 16.4 Å². The fourth-order valence-corrected chi connectivity index (χ4v) is 4.63. The normalized spacial score (nSPS) is 17.7. The predicted molar refractivity (Wildman–Crippen MR) is 91.0 cm³/mol. The quantitative estimate of drug-likeness (QED) is 0.538. The minimum Gasteiger partial charge on any atom is -0.225 e. The van der Waals surface area contributed by atoms with Gasteiger partial charge in [0.2, 0.25) is 0 Å². The van der Waals surface area contributed by atoms with E-state index in [0.29, 0.717) is 5.92 Å². The van der Waals surface area contributed by atoms with Crippen LogP contribution in [0.2, 0.25) is 0 Å². The second kappa shape index (κ2) is 4.83. The number of hydrogen-bond donors (Lipinski definition) is 0. The number of thiophene rings is 1. The summed E-state index contributed by atoms with van der Waals surface area (Å²) in [6.45, 7) is 2.32. The van der Waals surface area contributed by atoms with Crippen LogP contribution in [0.5, 0.6) is 0 Å². The third-order valence-corrected chi connectivity index (χ3v) is 5.82. The zero-order valence-electron chi connectivity index (χ0n) is 12.7. The Morgan fingerprint density at radius 2 is 2.13 bits per heavy atom. The number of aromatic nitrogens is 5. The summed E-state index contributed by atoms with van der Waals surface area (Å²) in [6.07, 6.45) is 5.14. The van der Waals surface area contributed by atoms with Crippen molar-refractivity contribution in [3.63, 3.8) is 0 Å². The van der Waals surface area contributed by atoms with E-state index in [1.807, 2.05) is 28.9 Å². The number of para-hydroxylation sites is 1. The molecule has 1 atom stereocenters. The maximum atomic E-state index is 4.56. The molecule has 3 heterocycles. The standard InChI is InChI=1S/C17H15N5S/c1-10-6-7-14-11(8-10)15-16(18-9-19-17(15)23-14)22-13-5-3-2-4-12(13)20-21-22/h2-5,9-10H,6-8H2,1H3/t10-/m1/s1. The summed E-state index contributed by atoms with van der Waals surface area (Å²) < 4.78 is 1.85. The molecule has 0 saturated carbocycles. The SMILES string of the molecule is C[C@@H]1CCc2sc3ncnc(-n4nnc5ccccc54)c3c2C1. The Labute approximate surface area is 137 Å². The summed E-state index contributed by atoms with van der Waals surface area (Å²) in [4.78, 5) is 11.6. The smallest absolute Gasteiger partial charge is 0.168 e. The van der Waals surface area contributed by atoms with Crippen molar-refractivity contribution in [1.29, 1.82) is 0 Å². The van der Waals surface area contributed by atoms with Crippen LogP contribution >= 0.6 is 11.3 Å². The summed E-state index contributed by atoms with van der Waals surface area (Å²) in [5, 5.41) is 9.78. The second-order valence-electron chi connectivity index (χ2n) is 6.22. The lowest BCUT2D eigenvalue weighted by molar-refractivity contribution is 0.508. The highest BCUT2D eigenvalue weighted by Gasteiger charge is 2.24. The Kier molecular flexibility index (Phi) is 2.76. The van der Waals surface area contributed by atoms with Crippen molar-refractivity contribution >= 4 is 32.6 Å². The molecular formula is C17H15N5S. The molecule has 23 heavy (non-hydrogen) atoms. The highest BCUT2D eigenvalue weighted by molar-refractivity contribution is 7.18. The largest absolute Gasteiger partial charge is 0.225 e. The number of benzene rings is 1. The van der Waals surface area contributed by atoms with Crippen molar-refractivity contribution in [2.24, 2.45) is 5.92 Å². The van der Waals surface area contributed by atoms with E-state index in [1.54, 1.807) is 17.7 Å². The van der Waals surface area contributed by atoms with Gasteiger partial charge in [-0.1, -0.05) is 24.3 Å².